The molecule has 2 aromatic carbocycles. The Morgan fingerprint density at radius 2 is 0.900 bits per heavy atom. The minimum atomic E-state index is 0.951. The lowest BCUT2D eigenvalue weighted by Crippen LogP contribution is -1.90. The zero-order valence-corrected chi connectivity index (χ0v) is 21.9. The molecule has 0 heterocycles. The molecule has 0 aliphatic rings. The van der Waals surface area contributed by atoms with Crippen LogP contribution in [0.4, 0.5) is 0 Å². The summed E-state index contributed by atoms with van der Waals surface area (Å²) in [5, 5.41) is 0. The van der Waals surface area contributed by atoms with Crippen LogP contribution in [-0.4, -0.2) is 0 Å². The molecule has 0 fully saturated rings. The first-order valence-electron chi connectivity index (χ1n) is 4.92. The molecule has 0 aliphatic carbocycles. The molecule has 2 aromatic rings. The van der Waals surface area contributed by atoms with Crippen LogP contribution in [0, 0.1) is 0 Å². The molecular weight excluding hydrogens is 783 g/mol. The first-order chi connectivity index (χ1) is 9.27. The third kappa shape index (κ3) is 3.37. The third-order valence-electron chi connectivity index (χ3n) is 2.51. The normalized spacial score (nSPS) is 11.0. The molecule has 0 spiro atoms. The van der Waals surface area contributed by atoms with Crippen molar-refractivity contribution >= 4 is 127 Å². The van der Waals surface area contributed by atoms with Crippen molar-refractivity contribution in [1.29, 1.82) is 0 Å². The Labute approximate surface area is 183 Å². The molecule has 0 aliphatic heterocycles. The molecule has 0 amide bonds. The van der Waals surface area contributed by atoms with Gasteiger partial charge < -0.3 is 0 Å². The van der Waals surface area contributed by atoms with Gasteiger partial charge >= 0.3 is 0 Å². The van der Waals surface area contributed by atoms with Crippen LogP contribution >= 0.6 is 127 Å². The standard InChI is InChI=1S/C12H2Br8/c13-4-2-1-3(6(14)7(4)15)5-8(16)10(18)12(20)11(19)9(5)17/h1-2H. The van der Waals surface area contributed by atoms with Crippen molar-refractivity contribution in [1.82, 2.24) is 0 Å². The van der Waals surface area contributed by atoms with E-state index in [1.807, 2.05) is 6.07 Å². The Balaban J connectivity index is 2.87. The third-order valence-corrected chi connectivity index (χ3v) is 12.0. The molecule has 0 saturated carbocycles. The number of benzene rings is 2. The number of halogens is 8. The van der Waals surface area contributed by atoms with Crippen LogP contribution in [0.2, 0.25) is 0 Å². The SMILES string of the molecule is Brc1ccc(-c2c(Br)c(Br)c(Br)c(Br)c2Br)c(Br)c1Br. The fraction of sp³-hybridized carbons (Fsp3) is 0. The average Bonchev–Trinajstić information content (AvgIpc) is 2.43. The Hall–Kier alpha value is 2.28. The van der Waals surface area contributed by atoms with Gasteiger partial charge in [0.1, 0.15) is 0 Å². The Morgan fingerprint density at radius 3 is 1.40 bits per heavy atom. The average molecular weight is 785 g/mol. The summed E-state index contributed by atoms with van der Waals surface area (Å²) in [6.07, 6.45) is 0. The molecule has 20 heavy (non-hydrogen) atoms. The van der Waals surface area contributed by atoms with Crippen molar-refractivity contribution in [3.8, 4) is 11.1 Å². The highest BCUT2D eigenvalue weighted by Gasteiger charge is 2.21. The molecule has 0 aromatic heterocycles. The number of hydrogen-bond acceptors (Lipinski definition) is 0. The van der Waals surface area contributed by atoms with Gasteiger partial charge in [-0.25, -0.2) is 0 Å². The number of rotatable bonds is 1. The first kappa shape index (κ1) is 18.6. The lowest BCUT2D eigenvalue weighted by atomic mass is 10.1. The highest BCUT2D eigenvalue weighted by molar-refractivity contribution is 9.16. The highest BCUT2D eigenvalue weighted by atomic mass is 79.9. The van der Waals surface area contributed by atoms with E-state index in [4.69, 9.17) is 0 Å². The minimum absolute atomic E-state index is 0.951. The van der Waals surface area contributed by atoms with Gasteiger partial charge in [-0.15, -0.1) is 0 Å². The fourth-order valence-electron chi connectivity index (χ4n) is 1.56. The van der Waals surface area contributed by atoms with Crippen LogP contribution in [0.25, 0.3) is 11.1 Å². The molecule has 2 rings (SSSR count). The van der Waals surface area contributed by atoms with Gasteiger partial charge in [-0.1, -0.05) is 6.07 Å². The van der Waals surface area contributed by atoms with Crippen LogP contribution < -0.4 is 0 Å². The van der Waals surface area contributed by atoms with Crippen molar-refractivity contribution in [3.05, 3.63) is 47.9 Å². The van der Waals surface area contributed by atoms with Gasteiger partial charge in [0.15, 0.2) is 0 Å². The van der Waals surface area contributed by atoms with E-state index in [1.165, 1.54) is 0 Å². The van der Waals surface area contributed by atoms with Crippen LogP contribution in [0.1, 0.15) is 0 Å². The van der Waals surface area contributed by atoms with Gasteiger partial charge in [0.05, 0.1) is 0 Å². The summed E-state index contributed by atoms with van der Waals surface area (Å²) < 4.78 is 7.74. The maximum atomic E-state index is 3.65. The van der Waals surface area contributed by atoms with E-state index in [2.05, 4.69) is 134 Å². The van der Waals surface area contributed by atoms with Crippen molar-refractivity contribution in [2.75, 3.05) is 0 Å². The summed E-state index contributed by atoms with van der Waals surface area (Å²) in [7, 11) is 0. The van der Waals surface area contributed by atoms with Crippen LogP contribution in [-0.2, 0) is 0 Å². The van der Waals surface area contributed by atoms with Gasteiger partial charge in [0.2, 0.25) is 0 Å². The van der Waals surface area contributed by atoms with E-state index in [0.717, 1.165) is 46.9 Å². The zero-order valence-electron chi connectivity index (χ0n) is 9.18. The molecule has 8 heteroatoms. The predicted molar refractivity (Wildman–Crippen MR) is 113 cm³/mol. The predicted octanol–water partition coefficient (Wildman–Crippen LogP) is 9.45. The minimum Gasteiger partial charge on any atom is -0.0520 e. The largest absolute Gasteiger partial charge is 0.0520 e. The van der Waals surface area contributed by atoms with Crippen LogP contribution in [0.15, 0.2) is 47.9 Å². The van der Waals surface area contributed by atoms with E-state index in [0.29, 0.717) is 0 Å². The monoisotopic (exact) mass is 777 g/mol. The summed E-state index contributed by atoms with van der Waals surface area (Å²) in [6.45, 7) is 0. The molecule has 0 N–H and O–H groups in total. The molecule has 0 radical (unpaired) electrons. The van der Waals surface area contributed by atoms with Crippen molar-refractivity contribution < 1.29 is 0 Å². The summed E-state index contributed by atoms with van der Waals surface area (Å²) in [6, 6.07) is 4.06. The first-order valence-corrected chi connectivity index (χ1v) is 11.3. The Bertz CT molecular complexity index is 678. The van der Waals surface area contributed by atoms with E-state index < -0.39 is 0 Å². The zero-order chi connectivity index (χ0) is 15.2. The molecule has 0 bridgehead atoms. The van der Waals surface area contributed by atoms with Crippen molar-refractivity contribution in [2.24, 2.45) is 0 Å². The van der Waals surface area contributed by atoms with Gasteiger partial charge in [-0.2, -0.15) is 0 Å². The van der Waals surface area contributed by atoms with Crippen LogP contribution in [0.5, 0.6) is 0 Å². The van der Waals surface area contributed by atoms with Crippen molar-refractivity contribution in [3.63, 3.8) is 0 Å². The molecule has 0 atom stereocenters. The maximum absolute atomic E-state index is 3.65. The summed E-state index contributed by atoms with van der Waals surface area (Å²) >= 11 is 28.8. The Kier molecular flexibility index (Phi) is 6.93. The fourth-order valence-corrected chi connectivity index (χ4v) is 6.52. The van der Waals surface area contributed by atoms with Gasteiger partial charge in [0.25, 0.3) is 0 Å². The second-order valence-corrected chi connectivity index (χ2v) is 10.1. The van der Waals surface area contributed by atoms with E-state index >= 15 is 0 Å². The summed E-state index contributed by atoms with van der Waals surface area (Å²) in [5.74, 6) is 0. The molecule has 106 valence electrons. The van der Waals surface area contributed by atoms with Crippen LogP contribution in [0.3, 0.4) is 0 Å². The lowest BCUT2D eigenvalue weighted by molar-refractivity contribution is 1.42. The van der Waals surface area contributed by atoms with Gasteiger partial charge in [-0.05, 0) is 139 Å². The molecular formula is C12H2Br8. The van der Waals surface area contributed by atoms with Crippen molar-refractivity contribution in [2.45, 2.75) is 0 Å². The topological polar surface area (TPSA) is 0 Å². The molecule has 0 saturated heterocycles. The quantitative estimate of drug-likeness (QED) is 0.200. The smallest absolute Gasteiger partial charge is 0.0482 e. The summed E-state index contributed by atoms with van der Waals surface area (Å²) in [5.41, 5.74) is 2.11. The summed E-state index contributed by atoms with van der Waals surface area (Å²) in [4.78, 5) is 0. The van der Waals surface area contributed by atoms with E-state index in [1.54, 1.807) is 0 Å². The van der Waals surface area contributed by atoms with E-state index in [9.17, 15) is 0 Å². The number of hydrogen-bond donors (Lipinski definition) is 0. The van der Waals surface area contributed by atoms with Gasteiger partial charge in [0, 0.05) is 41.3 Å². The molecule has 0 unspecified atom stereocenters. The second kappa shape index (κ2) is 7.45. The second-order valence-electron chi connectivity index (χ2n) is 3.67. The van der Waals surface area contributed by atoms with Gasteiger partial charge in [-0.3, -0.25) is 0 Å². The lowest BCUT2D eigenvalue weighted by Gasteiger charge is -2.16. The maximum Gasteiger partial charge on any atom is 0.0482 e. The molecule has 0 nitrogen and oxygen atoms in total. The van der Waals surface area contributed by atoms with E-state index in [-0.39, 0.29) is 0 Å². The highest BCUT2D eigenvalue weighted by Crippen LogP contribution is 2.51. The Morgan fingerprint density at radius 1 is 0.450 bits per heavy atom.